The number of methoxy groups -OCH3 is 1. The molecule has 4 N–H and O–H groups in total. The number of rotatable bonds is 6. The first-order valence-corrected chi connectivity index (χ1v) is 11.6. The van der Waals surface area contributed by atoms with E-state index in [2.05, 4.69) is 49.5 Å². The first kappa shape index (κ1) is 25.5. The molecule has 9 nitrogen and oxygen atoms in total. The minimum atomic E-state index is -4.66. The van der Waals surface area contributed by atoms with Gasteiger partial charge in [-0.2, -0.15) is 13.2 Å². The van der Waals surface area contributed by atoms with Gasteiger partial charge in [0.05, 0.1) is 30.6 Å². The summed E-state index contributed by atoms with van der Waals surface area (Å²) in [6, 6.07) is 3.13. The number of fused-ring (bicyclic) bond motifs is 1. The molecule has 0 spiro atoms. The van der Waals surface area contributed by atoms with Gasteiger partial charge in [0.1, 0.15) is 5.56 Å². The lowest BCUT2D eigenvalue weighted by Gasteiger charge is -2.36. The average molecular weight is 507 g/mol. The fourth-order valence-electron chi connectivity index (χ4n) is 4.22. The van der Waals surface area contributed by atoms with Crippen molar-refractivity contribution >= 4 is 28.6 Å². The van der Waals surface area contributed by atoms with Crippen LogP contribution in [0.5, 0.6) is 5.75 Å². The summed E-state index contributed by atoms with van der Waals surface area (Å²) >= 11 is 0. The zero-order chi connectivity index (χ0) is 26.1. The van der Waals surface area contributed by atoms with Crippen LogP contribution in [0.2, 0.25) is 0 Å². The Kier molecular flexibility index (Phi) is 6.98. The van der Waals surface area contributed by atoms with Crippen molar-refractivity contribution in [1.82, 2.24) is 20.3 Å². The van der Waals surface area contributed by atoms with E-state index >= 15 is 0 Å². The van der Waals surface area contributed by atoms with E-state index in [1.807, 2.05) is 0 Å². The van der Waals surface area contributed by atoms with Crippen molar-refractivity contribution in [2.24, 2.45) is 0 Å². The predicted octanol–water partition coefficient (Wildman–Crippen LogP) is 5.16. The van der Waals surface area contributed by atoms with Crippen LogP contribution in [-0.2, 0) is 10.9 Å². The predicted molar refractivity (Wildman–Crippen MR) is 130 cm³/mol. The summed E-state index contributed by atoms with van der Waals surface area (Å²) in [6.07, 6.45) is -1.37. The summed E-state index contributed by atoms with van der Waals surface area (Å²) in [5.41, 5.74) is -0.234. The van der Waals surface area contributed by atoms with Gasteiger partial charge in [0.15, 0.2) is 5.75 Å². The number of hydrogen-bond donors (Lipinski definition) is 4. The minimum Gasteiger partial charge on any atom is -0.489 e. The van der Waals surface area contributed by atoms with Crippen LogP contribution >= 0.6 is 0 Å². The van der Waals surface area contributed by atoms with Gasteiger partial charge in [-0.1, -0.05) is 0 Å². The second-order valence-electron chi connectivity index (χ2n) is 9.22. The second-order valence-corrected chi connectivity index (χ2v) is 9.22. The molecule has 1 aromatic carbocycles. The number of aromatic nitrogens is 3. The highest BCUT2D eigenvalue weighted by Gasteiger charge is 2.36. The molecule has 4 rings (SSSR count). The first-order valence-electron chi connectivity index (χ1n) is 11.6. The van der Waals surface area contributed by atoms with Gasteiger partial charge < -0.3 is 25.1 Å². The molecule has 36 heavy (non-hydrogen) atoms. The molecule has 0 radical (unpaired) electrons. The Balaban J connectivity index is 1.76. The topological polar surface area (TPSA) is 113 Å². The molecule has 1 saturated heterocycles. The summed E-state index contributed by atoms with van der Waals surface area (Å²) in [5.74, 6) is 0.399. The summed E-state index contributed by atoms with van der Waals surface area (Å²) in [4.78, 5) is 23.0. The Bertz CT molecular complexity index is 1250. The molecule has 1 aliphatic heterocycles. The maximum atomic E-state index is 14.0. The van der Waals surface area contributed by atoms with Gasteiger partial charge >= 0.3 is 12.3 Å². The molecule has 0 aliphatic carbocycles. The number of H-pyrrole nitrogens is 1. The maximum absolute atomic E-state index is 14.0. The van der Waals surface area contributed by atoms with E-state index in [0.717, 1.165) is 19.0 Å². The van der Waals surface area contributed by atoms with Gasteiger partial charge in [-0.25, -0.2) is 14.8 Å². The number of ether oxygens (including phenoxy) is 2. The number of amides is 1. The van der Waals surface area contributed by atoms with Gasteiger partial charge in [0.25, 0.3) is 0 Å². The van der Waals surface area contributed by atoms with E-state index in [9.17, 15) is 18.0 Å². The fourth-order valence-corrected chi connectivity index (χ4v) is 4.22. The van der Waals surface area contributed by atoms with Gasteiger partial charge in [-0.15, -0.1) is 0 Å². The molecule has 12 heteroatoms. The standard InChI is InChI=1S/C24H29F3N6O3/c1-5-36-20-17(32-22(34)35-4)7-6-14-15(11-28-19(14)20)18-16(24(25,26)27)12-29-21(33-18)31-13-8-9-23(2,3)30-10-13/h6-7,11-13,28,30H,5,8-10H2,1-4H3,(H,32,34)(H,29,31,33)/t13-/m0/s1. The number of nitrogens with one attached hydrogen (secondary N) is 4. The van der Waals surface area contributed by atoms with Crippen molar-refractivity contribution in [3.05, 3.63) is 30.1 Å². The molecular weight excluding hydrogens is 477 g/mol. The number of halogens is 3. The van der Waals surface area contributed by atoms with Crippen LogP contribution in [0.25, 0.3) is 22.2 Å². The number of piperidine rings is 1. The summed E-state index contributed by atoms with van der Waals surface area (Å²) in [5, 5.41) is 9.59. The van der Waals surface area contributed by atoms with Crippen molar-refractivity contribution in [1.29, 1.82) is 0 Å². The number of nitrogens with zero attached hydrogens (tertiary/aromatic N) is 2. The fraction of sp³-hybridized carbons (Fsp3) is 0.458. The SMILES string of the molecule is CCOc1c(NC(=O)OC)ccc2c(-c3nc(N[C@H]4CCC(C)(C)NC4)ncc3C(F)(F)F)c[nH]c12. The van der Waals surface area contributed by atoms with E-state index in [4.69, 9.17) is 4.74 Å². The molecule has 1 atom stereocenters. The highest BCUT2D eigenvalue weighted by Crippen LogP contribution is 2.42. The number of alkyl halides is 3. The Hall–Kier alpha value is -3.54. The van der Waals surface area contributed by atoms with E-state index in [1.54, 1.807) is 19.1 Å². The summed E-state index contributed by atoms with van der Waals surface area (Å²) < 4.78 is 52.2. The third-order valence-corrected chi connectivity index (χ3v) is 6.15. The average Bonchev–Trinajstić information content (AvgIpc) is 3.25. The van der Waals surface area contributed by atoms with E-state index in [1.165, 1.54) is 13.3 Å². The van der Waals surface area contributed by atoms with Crippen LogP contribution in [0, 0.1) is 0 Å². The molecule has 1 aliphatic rings. The van der Waals surface area contributed by atoms with Gasteiger partial charge in [0.2, 0.25) is 5.95 Å². The van der Waals surface area contributed by atoms with Crippen LogP contribution in [0.1, 0.15) is 39.2 Å². The van der Waals surface area contributed by atoms with Crippen LogP contribution in [0.3, 0.4) is 0 Å². The van der Waals surface area contributed by atoms with E-state index in [0.29, 0.717) is 23.1 Å². The highest BCUT2D eigenvalue weighted by molar-refractivity contribution is 6.03. The first-order chi connectivity index (χ1) is 17.0. The second kappa shape index (κ2) is 9.84. The lowest BCUT2D eigenvalue weighted by molar-refractivity contribution is -0.137. The third kappa shape index (κ3) is 5.32. The largest absolute Gasteiger partial charge is 0.489 e. The van der Waals surface area contributed by atoms with Gasteiger partial charge in [-0.05, 0) is 45.7 Å². The van der Waals surface area contributed by atoms with Gasteiger partial charge in [-0.3, -0.25) is 5.32 Å². The minimum absolute atomic E-state index is 0.00816. The zero-order valence-corrected chi connectivity index (χ0v) is 20.5. The molecule has 0 unspecified atom stereocenters. The quantitative estimate of drug-likeness (QED) is 0.365. The Labute approximate surface area is 206 Å². The normalized spacial score (nSPS) is 17.6. The molecule has 3 heterocycles. The van der Waals surface area contributed by atoms with E-state index < -0.39 is 17.8 Å². The highest BCUT2D eigenvalue weighted by atomic mass is 19.4. The van der Waals surface area contributed by atoms with Crippen LogP contribution in [-0.4, -0.2) is 52.9 Å². The number of benzene rings is 1. The summed E-state index contributed by atoms with van der Waals surface area (Å²) in [7, 11) is 1.23. The smallest absolute Gasteiger partial charge is 0.419 e. The lowest BCUT2D eigenvalue weighted by atomic mass is 9.91. The molecule has 0 bridgehead atoms. The molecule has 2 aromatic heterocycles. The molecular formula is C24H29F3N6O3. The van der Waals surface area contributed by atoms with Crippen molar-refractivity contribution in [2.45, 2.75) is 51.4 Å². The molecule has 0 saturated carbocycles. The van der Waals surface area contributed by atoms with Crippen LogP contribution < -0.4 is 20.7 Å². The monoisotopic (exact) mass is 506 g/mol. The third-order valence-electron chi connectivity index (χ3n) is 6.15. The number of anilines is 2. The number of carbonyl (C=O) groups excluding carboxylic acids is 1. The Morgan fingerprint density at radius 1 is 1.31 bits per heavy atom. The van der Waals surface area contributed by atoms with E-state index in [-0.39, 0.29) is 41.1 Å². The van der Waals surface area contributed by atoms with Gasteiger partial charge in [0, 0.05) is 41.5 Å². The molecule has 1 amide bonds. The van der Waals surface area contributed by atoms with Crippen molar-refractivity contribution in [3.63, 3.8) is 0 Å². The van der Waals surface area contributed by atoms with Crippen LogP contribution in [0.15, 0.2) is 24.5 Å². The van der Waals surface area contributed by atoms with Crippen LogP contribution in [0.4, 0.5) is 29.6 Å². The lowest BCUT2D eigenvalue weighted by Crippen LogP contribution is -2.50. The molecule has 1 fully saturated rings. The van der Waals surface area contributed by atoms with Crippen molar-refractivity contribution in [3.8, 4) is 17.0 Å². The maximum Gasteiger partial charge on any atom is 0.419 e. The number of aromatic amines is 1. The molecule has 3 aromatic rings. The number of carbonyl (C=O) groups is 1. The van der Waals surface area contributed by atoms with Crippen molar-refractivity contribution in [2.75, 3.05) is 30.9 Å². The number of hydrogen-bond acceptors (Lipinski definition) is 7. The molecule has 194 valence electrons. The Morgan fingerprint density at radius 3 is 2.72 bits per heavy atom. The zero-order valence-electron chi connectivity index (χ0n) is 20.5. The summed E-state index contributed by atoms with van der Waals surface area (Å²) in [6.45, 7) is 6.89. The Morgan fingerprint density at radius 2 is 2.08 bits per heavy atom. The van der Waals surface area contributed by atoms with Crippen molar-refractivity contribution < 1.29 is 27.4 Å².